The van der Waals surface area contributed by atoms with Crippen molar-refractivity contribution in [2.75, 3.05) is 4.90 Å². The van der Waals surface area contributed by atoms with Crippen molar-refractivity contribution in [2.45, 2.75) is 0 Å². The fourth-order valence-corrected chi connectivity index (χ4v) is 9.19. The number of fused-ring (bicyclic) bond motifs is 4. The molecule has 0 saturated heterocycles. The van der Waals surface area contributed by atoms with Gasteiger partial charge in [0.25, 0.3) is 0 Å². The molecule has 9 aromatic carbocycles. The Hall–Kier alpha value is -6.74. The van der Waals surface area contributed by atoms with Gasteiger partial charge in [-0.15, -0.1) is 11.3 Å². The zero-order valence-corrected chi connectivity index (χ0v) is 30.4. The first kappa shape index (κ1) is 32.0. The Morgan fingerprint density at radius 2 is 0.870 bits per heavy atom. The van der Waals surface area contributed by atoms with Gasteiger partial charge in [0.2, 0.25) is 0 Å². The quantitative estimate of drug-likeness (QED) is 0.160. The third kappa shape index (κ3) is 5.65. The van der Waals surface area contributed by atoms with Crippen molar-refractivity contribution in [3.05, 3.63) is 212 Å². The first-order valence-corrected chi connectivity index (χ1v) is 19.2. The van der Waals surface area contributed by atoms with E-state index in [-0.39, 0.29) is 0 Å². The van der Waals surface area contributed by atoms with Gasteiger partial charge in [0.15, 0.2) is 0 Å². The third-order valence-electron chi connectivity index (χ3n) is 10.5. The van der Waals surface area contributed by atoms with E-state index in [0.717, 1.165) is 17.1 Å². The third-order valence-corrected chi connectivity index (χ3v) is 11.7. The van der Waals surface area contributed by atoms with Crippen LogP contribution in [0.15, 0.2) is 212 Å². The molecule has 0 fully saturated rings. The lowest BCUT2D eigenvalue weighted by Crippen LogP contribution is -2.10. The van der Waals surface area contributed by atoms with E-state index >= 15 is 0 Å². The average molecular weight is 706 g/mol. The minimum absolute atomic E-state index is 1.11. The molecule has 2 heteroatoms. The number of hydrogen-bond acceptors (Lipinski definition) is 2. The van der Waals surface area contributed by atoms with Crippen molar-refractivity contribution in [3.63, 3.8) is 0 Å². The fraction of sp³-hybridized carbons (Fsp3) is 0. The van der Waals surface area contributed by atoms with E-state index in [1.807, 2.05) is 11.3 Å². The summed E-state index contributed by atoms with van der Waals surface area (Å²) in [5, 5.41) is 5.09. The number of thiophene rings is 1. The smallest absolute Gasteiger partial charge is 0.0640 e. The summed E-state index contributed by atoms with van der Waals surface area (Å²) in [6, 6.07) is 77.1. The molecule has 1 aromatic heterocycles. The molecule has 0 aliphatic carbocycles. The zero-order chi connectivity index (χ0) is 35.8. The molecule has 0 amide bonds. The van der Waals surface area contributed by atoms with Gasteiger partial charge in [0.05, 0.1) is 10.4 Å². The Balaban J connectivity index is 1.20. The molecule has 0 bridgehead atoms. The van der Waals surface area contributed by atoms with Gasteiger partial charge in [-0.3, -0.25) is 0 Å². The standard InChI is InChI=1S/C52H35NS/c1-4-15-36(16-5-1)45-34-33-42(35-48(45)39-19-8-3-9-20-39)53(41-31-29-40(30-32-41)44-24-12-22-37-21-10-11-23-43(37)44)49-27-13-26-47-51-46(38-17-6-2-7-18-38)25-14-28-50(51)54-52(47)49/h1-35H. The normalized spacial score (nSPS) is 11.3. The molecular weight excluding hydrogens is 671 g/mol. The van der Waals surface area contributed by atoms with E-state index in [4.69, 9.17) is 0 Å². The predicted molar refractivity (Wildman–Crippen MR) is 233 cm³/mol. The maximum absolute atomic E-state index is 2.45. The van der Waals surface area contributed by atoms with Gasteiger partial charge in [0.1, 0.15) is 0 Å². The van der Waals surface area contributed by atoms with E-state index in [1.165, 1.54) is 75.5 Å². The topological polar surface area (TPSA) is 3.24 Å². The molecule has 54 heavy (non-hydrogen) atoms. The van der Waals surface area contributed by atoms with Crippen LogP contribution >= 0.6 is 11.3 Å². The van der Waals surface area contributed by atoms with E-state index in [0.29, 0.717) is 0 Å². The Kier molecular flexibility index (Phi) is 8.09. The number of benzene rings is 9. The lowest BCUT2D eigenvalue weighted by molar-refractivity contribution is 1.30. The Morgan fingerprint density at radius 3 is 1.61 bits per heavy atom. The largest absolute Gasteiger partial charge is 0.309 e. The first-order valence-electron chi connectivity index (χ1n) is 18.4. The number of hydrogen-bond donors (Lipinski definition) is 0. The number of nitrogens with zero attached hydrogens (tertiary/aromatic N) is 1. The second kappa shape index (κ2) is 13.7. The molecular formula is C52H35NS. The number of anilines is 3. The molecule has 0 aliphatic rings. The van der Waals surface area contributed by atoms with Crippen LogP contribution in [0.4, 0.5) is 17.1 Å². The molecule has 1 nitrogen and oxygen atoms in total. The summed E-state index contributed by atoms with van der Waals surface area (Å²) in [6.07, 6.45) is 0. The predicted octanol–water partition coefficient (Wildman–Crippen LogP) is 15.3. The highest BCUT2D eigenvalue weighted by atomic mass is 32.1. The first-order chi connectivity index (χ1) is 26.8. The molecule has 0 unspecified atom stereocenters. The number of rotatable bonds is 7. The van der Waals surface area contributed by atoms with Gasteiger partial charge in [0, 0.05) is 26.8 Å². The molecule has 0 aliphatic heterocycles. The van der Waals surface area contributed by atoms with Crippen LogP contribution in [0.1, 0.15) is 0 Å². The minimum atomic E-state index is 1.11. The van der Waals surface area contributed by atoms with Gasteiger partial charge in [-0.2, -0.15) is 0 Å². The SMILES string of the molecule is c1ccc(-c2ccc(N(c3ccc(-c4cccc5ccccc45)cc3)c3cccc4c3sc3cccc(-c5ccccc5)c34)cc2-c2ccccc2)cc1. The van der Waals surface area contributed by atoms with Crippen LogP contribution in [0, 0.1) is 0 Å². The Labute approximate surface area is 319 Å². The maximum Gasteiger partial charge on any atom is 0.0640 e. The molecule has 0 spiro atoms. The van der Waals surface area contributed by atoms with E-state index < -0.39 is 0 Å². The van der Waals surface area contributed by atoms with Gasteiger partial charge < -0.3 is 4.90 Å². The van der Waals surface area contributed by atoms with Crippen molar-refractivity contribution in [1.29, 1.82) is 0 Å². The molecule has 0 saturated carbocycles. The average Bonchev–Trinajstić information content (AvgIpc) is 3.65. The minimum Gasteiger partial charge on any atom is -0.309 e. The van der Waals surface area contributed by atoms with Gasteiger partial charge in [-0.1, -0.05) is 176 Å². The summed E-state index contributed by atoms with van der Waals surface area (Å²) in [5.41, 5.74) is 13.1. The molecule has 0 N–H and O–H groups in total. The Morgan fingerprint density at radius 1 is 0.333 bits per heavy atom. The molecule has 0 atom stereocenters. The van der Waals surface area contributed by atoms with Crippen LogP contribution < -0.4 is 4.90 Å². The lowest BCUT2D eigenvalue weighted by Gasteiger charge is -2.27. The maximum atomic E-state index is 2.45. The zero-order valence-electron chi connectivity index (χ0n) is 29.6. The molecule has 1 heterocycles. The molecule has 10 aromatic rings. The summed E-state index contributed by atoms with van der Waals surface area (Å²) in [6.45, 7) is 0. The summed E-state index contributed by atoms with van der Waals surface area (Å²) < 4.78 is 2.55. The van der Waals surface area contributed by atoms with Crippen LogP contribution in [-0.4, -0.2) is 0 Å². The van der Waals surface area contributed by atoms with Crippen molar-refractivity contribution in [2.24, 2.45) is 0 Å². The Bertz CT molecular complexity index is 2910. The van der Waals surface area contributed by atoms with Crippen molar-refractivity contribution < 1.29 is 0 Å². The van der Waals surface area contributed by atoms with Gasteiger partial charge in [-0.25, -0.2) is 0 Å². The van der Waals surface area contributed by atoms with Crippen LogP contribution in [0.5, 0.6) is 0 Å². The van der Waals surface area contributed by atoms with Crippen molar-refractivity contribution in [3.8, 4) is 44.5 Å². The highest BCUT2D eigenvalue weighted by Gasteiger charge is 2.21. The highest BCUT2D eigenvalue weighted by molar-refractivity contribution is 7.26. The summed E-state index contributed by atoms with van der Waals surface area (Å²) >= 11 is 1.88. The van der Waals surface area contributed by atoms with Crippen molar-refractivity contribution in [1.82, 2.24) is 0 Å². The van der Waals surface area contributed by atoms with Crippen LogP contribution in [-0.2, 0) is 0 Å². The molecule has 0 radical (unpaired) electrons. The van der Waals surface area contributed by atoms with Crippen LogP contribution in [0.25, 0.3) is 75.5 Å². The monoisotopic (exact) mass is 705 g/mol. The van der Waals surface area contributed by atoms with E-state index in [2.05, 4.69) is 217 Å². The van der Waals surface area contributed by atoms with E-state index in [9.17, 15) is 0 Å². The fourth-order valence-electron chi connectivity index (χ4n) is 7.96. The van der Waals surface area contributed by atoms with Crippen LogP contribution in [0.2, 0.25) is 0 Å². The molecule has 10 rings (SSSR count). The van der Waals surface area contributed by atoms with E-state index in [1.54, 1.807) is 0 Å². The van der Waals surface area contributed by atoms with Crippen molar-refractivity contribution >= 4 is 59.3 Å². The van der Waals surface area contributed by atoms with Gasteiger partial charge in [-0.05, 0) is 91.7 Å². The molecule has 254 valence electrons. The second-order valence-corrected chi connectivity index (χ2v) is 14.7. The highest BCUT2D eigenvalue weighted by Crippen LogP contribution is 2.48. The van der Waals surface area contributed by atoms with Crippen LogP contribution in [0.3, 0.4) is 0 Å². The summed E-state index contributed by atoms with van der Waals surface area (Å²) in [7, 11) is 0. The lowest BCUT2D eigenvalue weighted by atomic mass is 9.93. The summed E-state index contributed by atoms with van der Waals surface area (Å²) in [5.74, 6) is 0. The van der Waals surface area contributed by atoms with Gasteiger partial charge >= 0.3 is 0 Å². The second-order valence-electron chi connectivity index (χ2n) is 13.7. The summed E-state index contributed by atoms with van der Waals surface area (Å²) in [4.78, 5) is 2.45.